The number of hydrogen-bond donors (Lipinski definition) is 3. The van der Waals surface area contributed by atoms with Crippen LogP contribution in [-0.4, -0.2) is 24.0 Å². The number of amides is 2. The Morgan fingerprint density at radius 2 is 1.89 bits per heavy atom. The molecule has 6 heteroatoms. The topological polar surface area (TPSA) is 107 Å². The Morgan fingerprint density at radius 1 is 1.26 bits per heavy atom. The number of nitrogen functional groups attached to an aromatic ring is 1. The van der Waals surface area contributed by atoms with E-state index in [0.29, 0.717) is 5.69 Å². The summed E-state index contributed by atoms with van der Waals surface area (Å²) in [5.41, 5.74) is 11.4. The van der Waals surface area contributed by atoms with Crippen molar-refractivity contribution in [3.63, 3.8) is 0 Å². The lowest BCUT2D eigenvalue weighted by Gasteiger charge is -2.18. The van der Waals surface area contributed by atoms with E-state index in [9.17, 15) is 9.59 Å². The Bertz CT molecular complexity index is 486. The average Bonchev–Trinajstić information content (AvgIpc) is 2.30. The molecule has 6 nitrogen and oxygen atoms in total. The average molecular weight is 265 g/mol. The summed E-state index contributed by atoms with van der Waals surface area (Å²) in [5, 5.41) is 2.72. The number of ether oxygens (including phenoxy) is 1. The van der Waals surface area contributed by atoms with Crippen LogP contribution in [0.3, 0.4) is 0 Å². The SMILES string of the molecule is CC(C)NC(=O)C(C)Oc1ccc(N)cc1C(N)=O. The zero-order chi connectivity index (χ0) is 14.6. The molecule has 0 aliphatic carbocycles. The number of nitrogens with one attached hydrogen (secondary N) is 1. The van der Waals surface area contributed by atoms with Gasteiger partial charge in [0.05, 0.1) is 5.56 Å². The number of primary amides is 1. The van der Waals surface area contributed by atoms with Crippen LogP contribution in [0.15, 0.2) is 18.2 Å². The molecule has 1 aromatic carbocycles. The first kappa shape index (κ1) is 14.8. The van der Waals surface area contributed by atoms with E-state index in [1.807, 2.05) is 13.8 Å². The Balaban J connectivity index is 2.87. The Morgan fingerprint density at radius 3 is 2.42 bits per heavy atom. The summed E-state index contributed by atoms with van der Waals surface area (Å²) in [4.78, 5) is 23.0. The van der Waals surface area contributed by atoms with Crippen molar-refractivity contribution < 1.29 is 14.3 Å². The summed E-state index contributed by atoms with van der Waals surface area (Å²) in [6.45, 7) is 5.30. The maximum absolute atomic E-state index is 11.7. The Hall–Kier alpha value is -2.24. The molecule has 1 rings (SSSR count). The van der Waals surface area contributed by atoms with Crippen LogP contribution in [0, 0.1) is 0 Å². The van der Waals surface area contributed by atoms with Crippen LogP contribution in [0.2, 0.25) is 0 Å². The van der Waals surface area contributed by atoms with Gasteiger partial charge in [0.15, 0.2) is 6.10 Å². The molecule has 1 unspecified atom stereocenters. The second kappa shape index (κ2) is 6.08. The van der Waals surface area contributed by atoms with Crippen LogP contribution in [0.5, 0.6) is 5.75 Å². The third-order valence-corrected chi connectivity index (χ3v) is 2.37. The Labute approximate surface area is 112 Å². The summed E-state index contributed by atoms with van der Waals surface area (Å²) in [5.74, 6) is -0.672. The van der Waals surface area contributed by atoms with Gasteiger partial charge in [-0.15, -0.1) is 0 Å². The number of nitrogens with two attached hydrogens (primary N) is 2. The van der Waals surface area contributed by atoms with E-state index < -0.39 is 12.0 Å². The molecule has 0 saturated carbocycles. The van der Waals surface area contributed by atoms with E-state index >= 15 is 0 Å². The van der Waals surface area contributed by atoms with Crippen LogP contribution >= 0.6 is 0 Å². The van der Waals surface area contributed by atoms with Gasteiger partial charge in [0.1, 0.15) is 5.75 Å². The van der Waals surface area contributed by atoms with Crippen molar-refractivity contribution in [3.05, 3.63) is 23.8 Å². The molecule has 0 spiro atoms. The van der Waals surface area contributed by atoms with Gasteiger partial charge in [-0.1, -0.05) is 0 Å². The largest absolute Gasteiger partial charge is 0.480 e. The quantitative estimate of drug-likeness (QED) is 0.679. The van der Waals surface area contributed by atoms with Crippen molar-refractivity contribution in [2.24, 2.45) is 5.73 Å². The summed E-state index contributed by atoms with van der Waals surface area (Å²) in [7, 11) is 0. The van der Waals surface area contributed by atoms with Crippen LogP contribution in [0.25, 0.3) is 0 Å². The van der Waals surface area contributed by atoms with Crippen molar-refractivity contribution in [1.29, 1.82) is 0 Å². The maximum Gasteiger partial charge on any atom is 0.260 e. The molecule has 1 atom stereocenters. The number of benzene rings is 1. The standard InChI is InChI=1S/C13H19N3O3/c1-7(2)16-13(18)8(3)19-11-5-4-9(14)6-10(11)12(15)17/h4-8H,14H2,1-3H3,(H2,15,17)(H,16,18). The van der Waals surface area contributed by atoms with Crippen molar-refractivity contribution in [3.8, 4) is 5.75 Å². The normalized spacial score (nSPS) is 12.0. The van der Waals surface area contributed by atoms with Crippen molar-refractivity contribution in [1.82, 2.24) is 5.32 Å². The third-order valence-electron chi connectivity index (χ3n) is 2.37. The zero-order valence-electron chi connectivity index (χ0n) is 11.3. The molecule has 104 valence electrons. The van der Waals surface area contributed by atoms with Crippen molar-refractivity contribution in [2.75, 3.05) is 5.73 Å². The van der Waals surface area contributed by atoms with Crippen LogP contribution in [-0.2, 0) is 4.79 Å². The van der Waals surface area contributed by atoms with Crippen LogP contribution < -0.4 is 21.5 Å². The Kier molecular flexibility index (Phi) is 4.74. The third kappa shape index (κ3) is 4.17. The van der Waals surface area contributed by atoms with Gasteiger partial charge in [0.25, 0.3) is 11.8 Å². The van der Waals surface area contributed by atoms with Gasteiger partial charge in [0, 0.05) is 11.7 Å². The van der Waals surface area contributed by atoms with Gasteiger partial charge < -0.3 is 21.5 Å². The van der Waals surface area contributed by atoms with E-state index in [4.69, 9.17) is 16.2 Å². The van der Waals surface area contributed by atoms with E-state index in [1.54, 1.807) is 13.0 Å². The van der Waals surface area contributed by atoms with Crippen molar-refractivity contribution in [2.45, 2.75) is 32.9 Å². The lowest BCUT2D eigenvalue weighted by Crippen LogP contribution is -2.40. The molecule has 0 bridgehead atoms. The highest BCUT2D eigenvalue weighted by Gasteiger charge is 2.18. The molecular weight excluding hydrogens is 246 g/mol. The van der Waals surface area contributed by atoms with E-state index in [0.717, 1.165) is 0 Å². The van der Waals surface area contributed by atoms with Crippen LogP contribution in [0.1, 0.15) is 31.1 Å². The first-order valence-electron chi connectivity index (χ1n) is 5.97. The fourth-order valence-electron chi connectivity index (χ4n) is 1.49. The summed E-state index contributed by atoms with van der Waals surface area (Å²) >= 11 is 0. The minimum Gasteiger partial charge on any atom is -0.480 e. The number of rotatable bonds is 5. The highest BCUT2D eigenvalue weighted by molar-refractivity contribution is 5.96. The number of carbonyl (C=O) groups excluding carboxylic acids is 2. The smallest absolute Gasteiger partial charge is 0.260 e. The number of carbonyl (C=O) groups is 2. The molecule has 0 heterocycles. The lowest BCUT2D eigenvalue weighted by molar-refractivity contribution is -0.127. The fourth-order valence-corrected chi connectivity index (χ4v) is 1.49. The van der Waals surface area contributed by atoms with E-state index in [1.165, 1.54) is 12.1 Å². The number of anilines is 1. The predicted molar refractivity (Wildman–Crippen MR) is 72.7 cm³/mol. The lowest BCUT2D eigenvalue weighted by atomic mass is 10.1. The monoisotopic (exact) mass is 265 g/mol. The van der Waals surface area contributed by atoms with Crippen molar-refractivity contribution >= 4 is 17.5 Å². The van der Waals surface area contributed by atoms with Gasteiger partial charge in [0.2, 0.25) is 0 Å². The molecule has 2 amide bonds. The van der Waals surface area contributed by atoms with E-state index in [-0.39, 0.29) is 23.3 Å². The highest BCUT2D eigenvalue weighted by Crippen LogP contribution is 2.22. The molecule has 0 aliphatic rings. The molecule has 0 radical (unpaired) electrons. The second-order valence-electron chi connectivity index (χ2n) is 4.54. The fraction of sp³-hybridized carbons (Fsp3) is 0.385. The molecule has 19 heavy (non-hydrogen) atoms. The first-order valence-corrected chi connectivity index (χ1v) is 5.97. The predicted octanol–water partition coefficient (Wildman–Crippen LogP) is 0.660. The molecule has 5 N–H and O–H groups in total. The molecule has 0 saturated heterocycles. The molecular formula is C13H19N3O3. The van der Waals surface area contributed by atoms with E-state index in [2.05, 4.69) is 5.32 Å². The summed E-state index contributed by atoms with van der Waals surface area (Å²) in [6.07, 6.45) is -0.732. The molecule has 0 aliphatic heterocycles. The summed E-state index contributed by atoms with van der Waals surface area (Å²) < 4.78 is 5.46. The highest BCUT2D eigenvalue weighted by atomic mass is 16.5. The zero-order valence-corrected chi connectivity index (χ0v) is 11.3. The van der Waals surface area contributed by atoms with Crippen LogP contribution in [0.4, 0.5) is 5.69 Å². The van der Waals surface area contributed by atoms with Gasteiger partial charge >= 0.3 is 0 Å². The maximum atomic E-state index is 11.7. The minimum atomic E-state index is -0.732. The summed E-state index contributed by atoms with van der Waals surface area (Å²) in [6, 6.07) is 4.54. The minimum absolute atomic E-state index is 0.0144. The second-order valence-corrected chi connectivity index (χ2v) is 4.54. The van der Waals surface area contributed by atoms with Gasteiger partial charge in [-0.2, -0.15) is 0 Å². The number of hydrogen-bond acceptors (Lipinski definition) is 4. The molecule has 1 aromatic rings. The molecule has 0 fully saturated rings. The first-order chi connectivity index (χ1) is 8.81. The molecule has 0 aromatic heterocycles. The van der Waals surface area contributed by atoms with Gasteiger partial charge in [-0.3, -0.25) is 9.59 Å². The van der Waals surface area contributed by atoms with Gasteiger partial charge in [-0.25, -0.2) is 0 Å². The van der Waals surface area contributed by atoms with Gasteiger partial charge in [-0.05, 0) is 39.0 Å².